The molecule has 4 nitrogen and oxygen atoms in total. The molecule has 0 amide bonds. The highest BCUT2D eigenvalue weighted by Gasteiger charge is 2.27. The Morgan fingerprint density at radius 2 is 1.88 bits per heavy atom. The summed E-state index contributed by atoms with van der Waals surface area (Å²) in [7, 11) is 0. The molecule has 1 aromatic rings. The monoisotopic (exact) mass is 238 g/mol. The van der Waals surface area contributed by atoms with Gasteiger partial charge < -0.3 is 14.9 Å². The van der Waals surface area contributed by atoms with E-state index in [-0.39, 0.29) is 13.2 Å². The predicted octanol–water partition coefficient (Wildman–Crippen LogP) is 1.71. The quantitative estimate of drug-likeness (QED) is 0.791. The fraction of sp³-hybridized carbons (Fsp3) is 0.462. The number of aliphatic carboxylic acids is 1. The van der Waals surface area contributed by atoms with Gasteiger partial charge in [0.05, 0.1) is 12.0 Å². The van der Waals surface area contributed by atoms with Crippen molar-refractivity contribution in [3.8, 4) is 5.75 Å². The molecule has 1 aromatic carbocycles. The maximum Gasteiger partial charge on any atom is 0.309 e. The van der Waals surface area contributed by atoms with E-state index in [2.05, 4.69) is 0 Å². The third-order valence-corrected chi connectivity index (χ3v) is 2.51. The van der Waals surface area contributed by atoms with Gasteiger partial charge in [-0.05, 0) is 38.0 Å². The van der Waals surface area contributed by atoms with Crippen LogP contribution in [0.3, 0.4) is 0 Å². The first-order valence-electron chi connectivity index (χ1n) is 5.52. The van der Waals surface area contributed by atoms with Gasteiger partial charge in [0.1, 0.15) is 12.4 Å². The Balaban J connectivity index is 2.65. The Hall–Kier alpha value is -1.55. The number of aliphatic hydroxyl groups is 1. The number of carboxylic acid groups (broad SMARTS) is 1. The molecule has 2 N–H and O–H groups in total. The number of hydrogen-bond acceptors (Lipinski definition) is 3. The number of benzene rings is 1. The van der Waals surface area contributed by atoms with Crippen molar-refractivity contribution in [3.05, 3.63) is 29.8 Å². The lowest BCUT2D eigenvalue weighted by molar-refractivity contribution is -0.146. The van der Waals surface area contributed by atoms with E-state index < -0.39 is 11.4 Å². The van der Waals surface area contributed by atoms with Gasteiger partial charge in [0.15, 0.2) is 0 Å². The lowest BCUT2D eigenvalue weighted by Crippen LogP contribution is -2.26. The molecule has 0 saturated heterocycles. The Morgan fingerprint density at radius 3 is 2.35 bits per heavy atom. The van der Waals surface area contributed by atoms with Crippen molar-refractivity contribution in [2.24, 2.45) is 5.41 Å². The molecule has 0 unspecified atom stereocenters. The van der Waals surface area contributed by atoms with Gasteiger partial charge in [-0.2, -0.15) is 0 Å². The van der Waals surface area contributed by atoms with Crippen molar-refractivity contribution in [2.75, 3.05) is 13.2 Å². The van der Waals surface area contributed by atoms with Gasteiger partial charge in [-0.25, -0.2) is 0 Å². The fourth-order valence-corrected chi connectivity index (χ4v) is 1.45. The Kier molecular flexibility index (Phi) is 4.52. The van der Waals surface area contributed by atoms with Gasteiger partial charge in [0.2, 0.25) is 0 Å². The highest BCUT2D eigenvalue weighted by atomic mass is 16.5. The van der Waals surface area contributed by atoms with Crippen molar-refractivity contribution in [1.82, 2.24) is 0 Å². The van der Waals surface area contributed by atoms with E-state index in [9.17, 15) is 4.79 Å². The minimum Gasteiger partial charge on any atom is -0.491 e. The number of hydrogen-bond donors (Lipinski definition) is 2. The van der Waals surface area contributed by atoms with Crippen molar-refractivity contribution in [2.45, 2.75) is 20.3 Å². The molecule has 0 aliphatic heterocycles. The SMILES string of the molecule is CC(C)(Cc1ccc(OCCO)cc1)C(=O)O. The first-order valence-corrected chi connectivity index (χ1v) is 5.52. The van der Waals surface area contributed by atoms with E-state index in [1.165, 1.54) is 0 Å². The van der Waals surface area contributed by atoms with Gasteiger partial charge in [-0.1, -0.05) is 12.1 Å². The van der Waals surface area contributed by atoms with Crippen LogP contribution in [0.25, 0.3) is 0 Å². The number of rotatable bonds is 6. The summed E-state index contributed by atoms with van der Waals surface area (Å²) in [4.78, 5) is 11.0. The van der Waals surface area contributed by atoms with Crippen LogP contribution in [-0.4, -0.2) is 29.4 Å². The molecule has 0 fully saturated rings. The molecule has 0 heterocycles. The van der Waals surface area contributed by atoms with Crippen LogP contribution in [0.2, 0.25) is 0 Å². The molecule has 94 valence electrons. The molecule has 0 spiro atoms. The Bertz CT molecular complexity index is 368. The number of carboxylic acids is 1. The lowest BCUT2D eigenvalue weighted by atomic mass is 9.86. The summed E-state index contributed by atoms with van der Waals surface area (Å²) in [6.07, 6.45) is 0.475. The number of ether oxygens (including phenoxy) is 1. The normalized spacial score (nSPS) is 11.2. The van der Waals surface area contributed by atoms with Gasteiger partial charge in [-0.15, -0.1) is 0 Å². The minimum atomic E-state index is -0.807. The number of aliphatic hydroxyl groups excluding tert-OH is 1. The second-order valence-corrected chi connectivity index (χ2v) is 4.58. The van der Waals surface area contributed by atoms with Crippen molar-refractivity contribution in [1.29, 1.82) is 0 Å². The molecule has 0 saturated carbocycles. The molecule has 0 aliphatic rings. The van der Waals surface area contributed by atoms with Gasteiger partial charge in [0.25, 0.3) is 0 Å². The summed E-state index contributed by atoms with van der Waals surface area (Å²) in [5, 5.41) is 17.6. The van der Waals surface area contributed by atoms with E-state index in [0.29, 0.717) is 12.2 Å². The lowest BCUT2D eigenvalue weighted by Gasteiger charge is -2.19. The van der Waals surface area contributed by atoms with Gasteiger partial charge >= 0.3 is 5.97 Å². The van der Waals surface area contributed by atoms with E-state index in [1.807, 2.05) is 12.1 Å². The highest BCUT2D eigenvalue weighted by molar-refractivity contribution is 5.74. The van der Waals surface area contributed by atoms with Crippen molar-refractivity contribution >= 4 is 5.97 Å². The van der Waals surface area contributed by atoms with Gasteiger partial charge in [0, 0.05) is 0 Å². The molecular weight excluding hydrogens is 220 g/mol. The van der Waals surface area contributed by atoms with Crippen molar-refractivity contribution in [3.63, 3.8) is 0 Å². The van der Waals surface area contributed by atoms with E-state index in [4.69, 9.17) is 14.9 Å². The first kappa shape index (κ1) is 13.5. The molecule has 0 aliphatic carbocycles. The summed E-state index contributed by atoms with van der Waals surface area (Å²) in [5.74, 6) is -0.131. The van der Waals surface area contributed by atoms with Crippen LogP contribution in [0, 0.1) is 5.41 Å². The predicted molar refractivity (Wildman–Crippen MR) is 64.1 cm³/mol. The number of carbonyl (C=O) groups is 1. The smallest absolute Gasteiger partial charge is 0.309 e. The van der Waals surface area contributed by atoms with E-state index in [0.717, 1.165) is 5.56 Å². The van der Waals surface area contributed by atoms with Gasteiger partial charge in [-0.3, -0.25) is 4.79 Å². The maximum atomic E-state index is 11.0. The summed E-state index contributed by atoms with van der Waals surface area (Å²) >= 11 is 0. The molecule has 4 heteroatoms. The molecule has 1 rings (SSSR count). The third-order valence-electron chi connectivity index (χ3n) is 2.51. The molecule has 0 atom stereocenters. The summed E-state index contributed by atoms with van der Waals surface area (Å²) in [6, 6.07) is 7.25. The van der Waals surface area contributed by atoms with Crippen LogP contribution in [0.5, 0.6) is 5.75 Å². The minimum absolute atomic E-state index is 0.0200. The third kappa shape index (κ3) is 4.07. The van der Waals surface area contributed by atoms with Crippen LogP contribution < -0.4 is 4.74 Å². The second-order valence-electron chi connectivity index (χ2n) is 4.58. The standard InChI is InChI=1S/C13H18O4/c1-13(2,12(15)16)9-10-3-5-11(6-4-10)17-8-7-14/h3-6,14H,7-9H2,1-2H3,(H,15,16). The first-order chi connectivity index (χ1) is 7.95. The van der Waals surface area contributed by atoms with Crippen LogP contribution in [0.15, 0.2) is 24.3 Å². The van der Waals surface area contributed by atoms with Crippen LogP contribution >= 0.6 is 0 Å². The van der Waals surface area contributed by atoms with Crippen LogP contribution in [-0.2, 0) is 11.2 Å². The largest absolute Gasteiger partial charge is 0.491 e. The second kappa shape index (κ2) is 5.68. The molecule has 0 bridgehead atoms. The molecule has 17 heavy (non-hydrogen) atoms. The zero-order chi connectivity index (χ0) is 12.9. The van der Waals surface area contributed by atoms with Crippen LogP contribution in [0.1, 0.15) is 19.4 Å². The summed E-state index contributed by atoms with van der Waals surface area (Å²) < 4.78 is 5.22. The van der Waals surface area contributed by atoms with E-state index in [1.54, 1.807) is 26.0 Å². The highest BCUT2D eigenvalue weighted by Crippen LogP contribution is 2.23. The molecular formula is C13H18O4. The molecule has 0 radical (unpaired) electrons. The molecule has 0 aromatic heterocycles. The Morgan fingerprint density at radius 1 is 1.29 bits per heavy atom. The summed E-state index contributed by atoms with van der Waals surface area (Å²) in [5.41, 5.74) is 0.182. The zero-order valence-corrected chi connectivity index (χ0v) is 10.1. The Labute approximate surface area is 101 Å². The fourth-order valence-electron chi connectivity index (χ4n) is 1.45. The average Bonchev–Trinajstić information content (AvgIpc) is 2.27. The van der Waals surface area contributed by atoms with Crippen LogP contribution in [0.4, 0.5) is 0 Å². The van der Waals surface area contributed by atoms with E-state index >= 15 is 0 Å². The van der Waals surface area contributed by atoms with Crippen molar-refractivity contribution < 1.29 is 19.7 Å². The zero-order valence-electron chi connectivity index (χ0n) is 10.1. The topological polar surface area (TPSA) is 66.8 Å². The maximum absolute atomic E-state index is 11.0. The summed E-state index contributed by atoms with van der Waals surface area (Å²) in [6.45, 7) is 3.64. The average molecular weight is 238 g/mol.